The highest BCUT2D eigenvalue weighted by molar-refractivity contribution is 5.61. The lowest BCUT2D eigenvalue weighted by Gasteiger charge is -2.26. The molecule has 2 rings (SSSR count). The maximum Gasteiger partial charge on any atom is 0.123 e. The van der Waals surface area contributed by atoms with Crippen molar-refractivity contribution in [2.75, 3.05) is 17.2 Å². The van der Waals surface area contributed by atoms with E-state index in [9.17, 15) is 0 Å². The van der Waals surface area contributed by atoms with Crippen molar-refractivity contribution in [1.82, 2.24) is 0 Å². The van der Waals surface area contributed by atoms with E-state index < -0.39 is 0 Å². The van der Waals surface area contributed by atoms with Gasteiger partial charge in [0.05, 0.1) is 6.10 Å². The zero-order chi connectivity index (χ0) is 14.7. The van der Waals surface area contributed by atoms with Gasteiger partial charge in [-0.3, -0.25) is 0 Å². The minimum atomic E-state index is 0.176. The molecule has 0 radical (unpaired) electrons. The Kier molecular flexibility index (Phi) is 4.79. The molecule has 0 saturated heterocycles. The highest BCUT2D eigenvalue weighted by Gasteiger charge is 2.29. The number of benzene rings is 1. The summed E-state index contributed by atoms with van der Waals surface area (Å²) >= 11 is 0. The van der Waals surface area contributed by atoms with Gasteiger partial charge in [-0.1, -0.05) is 13.8 Å². The Labute approximate surface area is 123 Å². The van der Waals surface area contributed by atoms with Gasteiger partial charge >= 0.3 is 0 Å². The van der Waals surface area contributed by atoms with Crippen LogP contribution in [0.5, 0.6) is 5.75 Å². The van der Waals surface area contributed by atoms with Crippen molar-refractivity contribution in [3.63, 3.8) is 0 Å². The number of ether oxygens (including phenoxy) is 1. The van der Waals surface area contributed by atoms with Crippen LogP contribution in [0.2, 0.25) is 0 Å². The normalized spacial score (nSPS) is 14.9. The fourth-order valence-corrected chi connectivity index (χ4v) is 2.42. The maximum atomic E-state index is 6.04. The topological polar surface area (TPSA) is 38.5 Å². The van der Waals surface area contributed by atoms with Crippen LogP contribution in [-0.2, 0) is 0 Å². The van der Waals surface area contributed by atoms with E-state index in [-0.39, 0.29) is 6.10 Å². The van der Waals surface area contributed by atoms with Crippen molar-refractivity contribution in [1.29, 1.82) is 0 Å². The van der Waals surface area contributed by atoms with E-state index in [0.717, 1.165) is 23.9 Å². The second-order valence-corrected chi connectivity index (χ2v) is 6.53. The van der Waals surface area contributed by atoms with Crippen LogP contribution in [0, 0.1) is 5.92 Å². The van der Waals surface area contributed by atoms with Crippen LogP contribution in [0.1, 0.15) is 47.0 Å². The molecular weight excluding hydrogens is 248 g/mol. The first-order chi connectivity index (χ1) is 9.45. The molecule has 0 unspecified atom stereocenters. The number of anilines is 2. The van der Waals surface area contributed by atoms with E-state index in [1.165, 1.54) is 24.9 Å². The minimum absolute atomic E-state index is 0.176. The van der Waals surface area contributed by atoms with Gasteiger partial charge in [0.1, 0.15) is 5.75 Å². The number of nitrogen functional groups attached to an aromatic ring is 1. The summed E-state index contributed by atoms with van der Waals surface area (Å²) in [6.45, 7) is 9.74. The summed E-state index contributed by atoms with van der Waals surface area (Å²) in [5.74, 6) is 1.61. The Morgan fingerprint density at radius 2 is 1.90 bits per heavy atom. The second-order valence-electron chi connectivity index (χ2n) is 6.53. The first kappa shape index (κ1) is 15.0. The fourth-order valence-electron chi connectivity index (χ4n) is 2.42. The van der Waals surface area contributed by atoms with Gasteiger partial charge in [-0.15, -0.1) is 0 Å². The van der Waals surface area contributed by atoms with Gasteiger partial charge in [-0.25, -0.2) is 0 Å². The van der Waals surface area contributed by atoms with E-state index in [4.69, 9.17) is 10.5 Å². The Morgan fingerprint density at radius 3 is 2.45 bits per heavy atom. The average molecular weight is 276 g/mol. The molecule has 1 aliphatic carbocycles. The molecule has 20 heavy (non-hydrogen) atoms. The van der Waals surface area contributed by atoms with E-state index >= 15 is 0 Å². The van der Waals surface area contributed by atoms with Gasteiger partial charge in [-0.05, 0) is 45.1 Å². The van der Waals surface area contributed by atoms with Gasteiger partial charge in [-0.2, -0.15) is 0 Å². The van der Waals surface area contributed by atoms with Crippen LogP contribution in [0.4, 0.5) is 11.4 Å². The summed E-state index contributed by atoms with van der Waals surface area (Å²) in [6.07, 6.45) is 3.99. The summed E-state index contributed by atoms with van der Waals surface area (Å²) in [4.78, 5) is 2.50. The molecule has 1 fully saturated rings. The molecule has 0 spiro atoms. The van der Waals surface area contributed by atoms with E-state index in [1.54, 1.807) is 0 Å². The summed E-state index contributed by atoms with van der Waals surface area (Å²) in [5, 5.41) is 0. The van der Waals surface area contributed by atoms with Crippen molar-refractivity contribution in [3.8, 4) is 5.75 Å². The molecule has 0 bridgehead atoms. The number of hydrogen-bond acceptors (Lipinski definition) is 3. The molecule has 1 aliphatic rings. The first-order valence-electron chi connectivity index (χ1n) is 7.79. The lowest BCUT2D eigenvalue weighted by Crippen LogP contribution is -2.27. The number of hydrogen-bond donors (Lipinski definition) is 1. The first-order valence-corrected chi connectivity index (χ1v) is 7.79. The Bertz CT molecular complexity index is 439. The number of rotatable bonds is 7. The molecule has 0 aromatic heterocycles. The molecule has 3 heteroatoms. The maximum absolute atomic E-state index is 6.04. The van der Waals surface area contributed by atoms with E-state index in [1.807, 2.05) is 19.9 Å². The van der Waals surface area contributed by atoms with Crippen LogP contribution in [-0.4, -0.2) is 18.7 Å². The molecule has 3 nitrogen and oxygen atoms in total. The van der Waals surface area contributed by atoms with Gasteiger partial charge in [0.25, 0.3) is 0 Å². The quantitative estimate of drug-likeness (QED) is 0.763. The highest BCUT2D eigenvalue weighted by atomic mass is 16.5. The molecule has 0 amide bonds. The molecule has 1 aromatic carbocycles. The summed E-state index contributed by atoms with van der Waals surface area (Å²) in [5.41, 5.74) is 8.04. The molecule has 0 heterocycles. The van der Waals surface area contributed by atoms with Gasteiger partial charge < -0.3 is 15.4 Å². The molecule has 112 valence electrons. The van der Waals surface area contributed by atoms with Gasteiger partial charge in [0.15, 0.2) is 0 Å². The van der Waals surface area contributed by atoms with Crippen molar-refractivity contribution < 1.29 is 4.74 Å². The Hall–Kier alpha value is -1.38. The summed E-state index contributed by atoms with van der Waals surface area (Å²) in [7, 11) is 0. The largest absolute Gasteiger partial charge is 0.491 e. The van der Waals surface area contributed by atoms with Crippen molar-refractivity contribution in [3.05, 3.63) is 18.2 Å². The smallest absolute Gasteiger partial charge is 0.123 e. The molecule has 0 aliphatic heterocycles. The predicted molar refractivity (Wildman–Crippen MR) is 86.4 cm³/mol. The lowest BCUT2D eigenvalue weighted by molar-refractivity contribution is 0.242. The summed E-state index contributed by atoms with van der Waals surface area (Å²) < 4.78 is 5.80. The second kappa shape index (κ2) is 6.38. The molecular formula is C17H28N2O. The third-order valence-corrected chi connectivity index (χ3v) is 3.55. The zero-order valence-electron chi connectivity index (χ0n) is 13.2. The SMILES string of the molecule is CC(C)CCN(c1cc(N)cc(OC(C)C)c1)C1CC1. The number of nitrogens with zero attached hydrogens (tertiary/aromatic N) is 1. The number of nitrogens with two attached hydrogens (primary N) is 1. The van der Waals surface area contributed by atoms with Crippen LogP contribution < -0.4 is 15.4 Å². The van der Waals surface area contributed by atoms with Crippen LogP contribution >= 0.6 is 0 Å². The van der Waals surface area contributed by atoms with Crippen molar-refractivity contribution in [2.45, 2.75) is 59.1 Å². The zero-order valence-corrected chi connectivity index (χ0v) is 13.2. The highest BCUT2D eigenvalue weighted by Crippen LogP contribution is 2.35. The minimum Gasteiger partial charge on any atom is -0.491 e. The molecule has 1 aromatic rings. The third kappa shape index (κ3) is 4.32. The molecule has 0 atom stereocenters. The standard InChI is InChI=1S/C17H28N2O/c1-12(2)7-8-19(15-5-6-15)16-9-14(18)10-17(11-16)20-13(3)4/h9-13,15H,5-8,18H2,1-4H3. The Morgan fingerprint density at radius 1 is 1.20 bits per heavy atom. The molecule has 1 saturated carbocycles. The monoisotopic (exact) mass is 276 g/mol. The van der Waals surface area contributed by atoms with Crippen LogP contribution in [0.25, 0.3) is 0 Å². The van der Waals surface area contributed by atoms with Crippen molar-refractivity contribution >= 4 is 11.4 Å². The van der Waals surface area contributed by atoms with Crippen LogP contribution in [0.3, 0.4) is 0 Å². The van der Waals surface area contributed by atoms with E-state index in [2.05, 4.69) is 30.9 Å². The fraction of sp³-hybridized carbons (Fsp3) is 0.647. The van der Waals surface area contributed by atoms with E-state index in [0.29, 0.717) is 6.04 Å². The van der Waals surface area contributed by atoms with Gasteiger partial charge in [0, 0.05) is 36.1 Å². The van der Waals surface area contributed by atoms with Crippen molar-refractivity contribution in [2.24, 2.45) is 5.92 Å². The molecule has 2 N–H and O–H groups in total. The lowest BCUT2D eigenvalue weighted by atomic mass is 10.1. The predicted octanol–water partition coefficient (Wildman–Crippen LogP) is 4.07. The average Bonchev–Trinajstić information content (AvgIpc) is 3.11. The third-order valence-electron chi connectivity index (χ3n) is 3.55. The van der Waals surface area contributed by atoms with Gasteiger partial charge in [0.2, 0.25) is 0 Å². The summed E-state index contributed by atoms with van der Waals surface area (Å²) in [6, 6.07) is 6.82. The van der Waals surface area contributed by atoms with Crippen LogP contribution in [0.15, 0.2) is 18.2 Å². The Balaban J connectivity index is 2.16.